The lowest BCUT2D eigenvalue weighted by molar-refractivity contribution is -0.123. The molecule has 0 saturated carbocycles. The van der Waals surface area contributed by atoms with Crippen molar-refractivity contribution in [3.8, 4) is 5.75 Å². The Morgan fingerprint density at radius 2 is 1.53 bits per heavy atom. The molecule has 9 heteroatoms. The molecule has 174 valence electrons. The second-order valence-electron chi connectivity index (χ2n) is 7.05. The van der Waals surface area contributed by atoms with Crippen LogP contribution in [0.5, 0.6) is 5.75 Å². The van der Waals surface area contributed by atoms with E-state index in [9.17, 15) is 18.0 Å². The van der Waals surface area contributed by atoms with Crippen molar-refractivity contribution in [3.05, 3.63) is 54.1 Å². The highest BCUT2D eigenvalue weighted by molar-refractivity contribution is 7.89. The Balaban J connectivity index is 1.84. The Kier molecular flexibility index (Phi) is 9.67. The number of carbonyl (C=O) groups is 2. The smallest absolute Gasteiger partial charge is 0.257 e. The molecule has 0 bridgehead atoms. The summed E-state index contributed by atoms with van der Waals surface area (Å²) >= 11 is 0. The highest BCUT2D eigenvalue weighted by Crippen LogP contribution is 2.18. The molecule has 0 aromatic heterocycles. The predicted octanol–water partition coefficient (Wildman–Crippen LogP) is 2.80. The molecule has 2 aromatic carbocycles. The summed E-state index contributed by atoms with van der Waals surface area (Å²) in [6.07, 6.45) is 0.753. The van der Waals surface area contributed by atoms with Crippen LogP contribution in [-0.2, 0) is 26.0 Å². The van der Waals surface area contributed by atoms with Gasteiger partial charge in [-0.25, -0.2) is 8.42 Å². The van der Waals surface area contributed by atoms with E-state index in [1.165, 1.54) is 4.31 Å². The van der Waals surface area contributed by atoms with Gasteiger partial charge in [-0.2, -0.15) is 4.31 Å². The predicted molar refractivity (Wildman–Crippen MR) is 124 cm³/mol. The van der Waals surface area contributed by atoms with Gasteiger partial charge in [0.1, 0.15) is 5.75 Å². The average Bonchev–Trinajstić information content (AvgIpc) is 2.78. The van der Waals surface area contributed by atoms with E-state index in [4.69, 9.17) is 4.74 Å². The van der Waals surface area contributed by atoms with Crippen molar-refractivity contribution in [2.24, 2.45) is 0 Å². The van der Waals surface area contributed by atoms with Gasteiger partial charge < -0.3 is 15.4 Å². The zero-order valence-corrected chi connectivity index (χ0v) is 19.6. The molecule has 8 nitrogen and oxygen atoms in total. The fourth-order valence-electron chi connectivity index (χ4n) is 3.05. The summed E-state index contributed by atoms with van der Waals surface area (Å²) in [7, 11) is -3.48. The van der Waals surface area contributed by atoms with Crippen LogP contribution >= 0.6 is 0 Å². The SMILES string of the molecule is CCNC(=O)COc1ccc(NC(=O)CCc2ccc(S(=O)(=O)N(CC)CC)cc2)cc1. The van der Waals surface area contributed by atoms with Gasteiger partial charge in [0.25, 0.3) is 5.91 Å². The summed E-state index contributed by atoms with van der Waals surface area (Å²) in [5.41, 5.74) is 1.51. The van der Waals surface area contributed by atoms with Crippen molar-refractivity contribution < 1.29 is 22.7 Å². The number of nitrogens with one attached hydrogen (secondary N) is 2. The molecular weight excluding hydrogens is 430 g/mol. The van der Waals surface area contributed by atoms with E-state index in [-0.39, 0.29) is 29.7 Å². The number of anilines is 1. The fourth-order valence-corrected chi connectivity index (χ4v) is 4.51. The number of aryl methyl sites for hydroxylation is 1. The Morgan fingerprint density at radius 1 is 0.906 bits per heavy atom. The Hall–Kier alpha value is -2.91. The molecule has 0 unspecified atom stereocenters. The first-order valence-electron chi connectivity index (χ1n) is 10.7. The molecule has 0 aliphatic carbocycles. The molecule has 0 spiro atoms. The van der Waals surface area contributed by atoms with E-state index >= 15 is 0 Å². The van der Waals surface area contributed by atoms with E-state index in [2.05, 4.69) is 10.6 Å². The summed E-state index contributed by atoms with van der Waals surface area (Å²) in [6.45, 7) is 6.77. The van der Waals surface area contributed by atoms with Gasteiger partial charge in [0, 0.05) is 31.7 Å². The van der Waals surface area contributed by atoms with E-state index in [1.807, 2.05) is 6.92 Å². The third-order valence-corrected chi connectivity index (χ3v) is 6.85. The van der Waals surface area contributed by atoms with Gasteiger partial charge in [-0.15, -0.1) is 0 Å². The number of hydrogen-bond acceptors (Lipinski definition) is 5. The van der Waals surface area contributed by atoms with Crippen LogP contribution in [0.15, 0.2) is 53.4 Å². The maximum absolute atomic E-state index is 12.5. The van der Waals surface area contributed by atoms with E-state index in [0.717, 1.165) is 5.56 Å². The van der Waals surface area contributed by atoms with Crippen LogP contribution in [0.2, 0.25) is 0 Å². The van der Waals surface area contributed by atoms with Crippen LogP contribution in [0.4, 0.5) is 5.69 Å². The van der Waals surface area contributed by atoms with Crippen molar-refractivity contribution in [1.29, 1.82) is 0 Å². The molecule has 0 aliphatic heterocycles. The molecule has 2 rings (SSSR count). The van der Waals surface area contributed by atoms with Crippen molar-refractivity contribution in [2.75, 3.05) is 31.6 Å². The molecule has 0 atom stereocenters. The fraction of sp³-hybridized carbons (Fsp3) is 0.391. The standard InChI is InChI=1S/C23H31N3O5S/c1-4-24-23(28)17-31-20-12-10-19(11-13-20)25-22(27)16-9-18-7-14-21(15-8-18)32(29,30)26(5-2)6-3/h7-8,10-15H,4-6,9,16-17H2,1-3H3,(H,24,28)(H,25,27). The topological polar surface area (TPSA) is 105 Å². The van der Waals surface area contributed by atoms with Gasteiger partial charge in [-0.05, 0) is 55.3 Å². The zero-order valence-electron chi connectivity index (χ0n) is 18.8. The Bertz CT molecular complexity index is 985. The normalized spacial score (nSPS) is 11.2. The quantitative estimate of drug-likeness (QED) is 0.506. The second-order valence-corrected chi connectivity index (χ2v) is 8.99. The number of hydrogen-bond donors (Lipinski definition) is 2. The molecule has 0 saturated heterocycles. The van der Waals surface area contributed by atoms with E-state index in [1.54, 1.807) is 62.4 Å². The minimum absolute atomic E-state index is 0.0610. The highest BCUT2D eigenvalue weighted by atomic mass is 32.2. The van der Waals surface area contributed by atoms with Crippen molar-refractivity contribution >= 4 is 27.5 Å². The van der Waals surface area contributed by atoms with Crippen LogP contribution in [-0.4, -0.2) is 50.8 Å². The van der Waals surface area contributed by atoms with Crippen LogP contribution in [0.25, 0.3) is 0 Å². The van der Waals surface area contributed by atoms with Gasteiger partial charge in [-0.3, -0.25) is 9.59 Å². The lowest BCUT2D eigenvalue weighted by Gasteiger charge is -2.18. The lowest BCUT2D eigenvalue weighted by Crippen LogP contribution is -2.30. The molecule has 0 radical (unpaired) electrons. The van der Waals surface area contributed by atoms with Gasteiger partial charge in [0.05, 0.1) is 4.90 Å². The largest absolute Gasteiger partial charge is 0.484 e. The first-order valence-corrected chi connectivity index (χ1v) is 12.1. The molecular formula is C23H31N3O5S. The number of rotatable bonds is 12. The minimum atomic E-state index is -3.48. The van der Waals surface area contributed by atoms with Gasteiger partial charge >= 0.3 is 0 Å². The van der Waals surface area contributed by atoms with Crippen molar-refractivity contribution in [1.82, 2.24) is 9.62 Å². The van der Waals surface area contributed by atoms with Crippen LogP contribution in [0.1, 0.15) is 32.8 Å². The number of likely N-dealkylation sites (N-methyl/N-ethyl adjacent to an activating group) is 1. The van der Waals surface area contributed by atoms with Crippen molar-refractivity contribution in [2.45, 2.75) is 38.5 Å². The van der Waals surface area contributed by atoms with Gasteiger partial charge in [0.15, 0.2) is 6.61 Å². The number of sulfonamides is 1. The number of nitrogens with zero attached hydrogens (tertiary/aromatic N) is 1. The van der Waals surface area contributed by atoms with E-state index < -0.39 is 10.0 Å². The lowest BCUT2D eigenvalue weighted by atomic mass is 10.1. The molecule has 0 heterocycles. The zero-order chi connectivity index (χ0) is 23.6. The number of ether oxygens (including phenoxy) is 1. The maximum Gasteiger partial charge on any atom is 0.257 e. The van der Waals surface area contributed by atoms with Crippen molar-refractivity contribution in [3.63, 3.8) is 0 Å². The Labute approximate surface area is 190 Å². The number of benzene rings is 2. The third kappa shape index (κ3) is 7.35. The molecule has 2 amide bonds. The summed E-state index contributed by atoms with van der Waals surface area (Å²) in [5.74, 6) is 0.193. The van der Waals surface area contributed by atoms with Gasteiger partial charge in [0.2, 0.25) is 15.9 Å². The van der Waals surface area contributed by atoms with Crippen LogP contribution < -0.4 is 15.4 Å². The summed E-state index contributed by atoms with van der Waals surface area (Å²) in [4.78, 5) is 23.9. The van der Waals surface area contributed by atoms with E-state index in [0.29, 0.717) is 37.5 Å². The second kappa shape index (κ2) is 12.2. The average molecular weight is 462 g/mol. The first-order chi connectivity index (χ1) is 15.3. The van der Waals surface area contributed by atoms with Crippen LogP contribution in [0.3, 0.4) is 0 Å². The number of carbonyl (C=O) groups excluding carboxylic acids is 2. The molecule has 2 N–H and O–H groups in total. The van der Waals surface area contributed by atoms with Crippen LogP contribution in [0, 0.1) is 0 Å². The monoisotopic (exact) mass is 461 g/mol. The molecule has 0 fully saturated rings. The molecule has 0 aliphatic rings. The third-order valence-electron chi connectivity index (χ3n) is 4.79. The highest BCUT2D eigenvalue weighted by Gasteiger charge is 2.21. The first kappa shape index (κ1) is 25.4. The molecule has 2 aromatic rings. The van der Waals surface area contributed by atoms with Gasteiger partial charge in [-0.1, -0.05) is 26.0 Å². The summed E-state index contributed by atoms with van der Waals surface area (Å²) in [5, 5.41) is 5.46. The Morgan fingerprint density at radius 3 is 2.09 bits per heavy atom. The summed E-state index contributed by atoms with van der Waals surface area (Å²) < 4.78 is 31.9. The maximum atomic E-state index is 12.5. The molecule has 32 heavy (non-hydrogen) atoms. The summed E-state index contributed by atoms with van der Waals surface area (Å²) in [6, 6.07) is 13.4. The number of amides is 2. The minimum Gasteiger partial charge on any atom is -0.484 e.